The Kier molecular flexibility index (Phi) is 5.01. The monoisotopic (exact) mass is 327 g/mol. The maximum atomic E-state index is 13.0. The summed E-state index contributed by atoms with van der Waals surface area (Å²) in [6.45, 7) is 6.18. The predicted octanol–water partition coefficient (Wildman–Crippen LogP) is 2.02. The average molecular weight is 327 g/mol. The van der Waals surface area contributed by atoms with Crippen LogP contribution in [0.5, 0.6) is 11.5 Å². The first kappa shape index (κ1) is 16.3. The highest BCUT2D eigenvalue weighted by Gasteiger charge is 2.30. The molecule has 2 aromatic carbocycles. The lowest BCUT2D eigenvalue weighted by atomic mass is 10.0. The van der Waals surface area contributed by atoms with Crippen LogP contribution in [0.1, 0.15) is 25.5 Å². The van der Waals surface area contributed by atoms with Crippen LogP contribution in [0.2, 0.25) is 0 Å². The average Bonchev–Trinajstić information content (AvgIpc) is 3.07. The number of likely N-dealkylation sites (N-methyl/N-ethyl adjacent to an activating group) is 1. The Morgan fingerprint density at radius 2 is 1.79 bits per heavy atom. The van der Waals surface area contributed by atoms with Gasteiger partial charge in [0.1, 0.15) is 0 Å². The lowest BCUT2D eigenvalue weighted by Gasteiger charge is -2.26. The molecule has 0 bridgehead atoms. The molecule has 0 radical (unpaired) electrons. The van der Waals surface area contributed by atoms with Crippen LogP contribution in [0.15, 0.2) is 48.5 Å². The van der Waals surface area contributed by atoms with Crippen molar-refractivity contribution in [1.29, 1.82) is 0 Å². The predicted molar refractivity (Wildman–Crippen MR) is 92.4 cm³/mol. The smallest absolute Gasteiger partial charge is 0.287 e. The van der Waals surface area contributed by atoms with Crippen LogP contribution in [-0.2, 0) is 4.79 Å². The second-order valence-corrected chi connectivity index (χ2v) is 5.77. The summed E-state index contributed by atoms with van der Waals surface area (Å²) in [5.74, 6) is 1.36. The highest BCUT2D eigenvalue weighted by atomic mass is 16.7. The Morgan fingerprint density at radius 1 is 1.08 bits per heavy atom. The van der Waals surface area contributed by atoms with Crippen LogP contribution in [0.3, 0.4) is 0 Å². The molecule has 0 saturated carbocycles. The molecular weight excluding hydrogens is 304 g/mol. The number of nitrogens with one attached hydrogen (secondary N) is 2. The number of carbonyl (C=O) groups excluding carboxylic acids is 1. The molecule has 0 aromatic heterocycles. The maximum absolute atomic E-state index is 13.0. The number of ether oxygens (including phenoxy) is 2. The normalized spacial score (nSPS) is 13.8. The minimum Gasteiger partial charge on any atom is -0.454 e. The van der Waals surface area contributed by atoms with Crippen molar-refractivity contribution in [3.05, 3.63) is 54.1 Å². The van der Waals surface area contributed by atoms with Crippen LogP contribution < -0.4 is 19.7 Å². The van der Waals surface area contributed by atoms with Gasteiger partial charge in [-0.3, -0.25) is 4.79 Å². The van der Waals surface area contributed by atoms with Gasteiger partial charge in [-0.25, -0.2) is 0 Å². The van der Waals surface area contributed by atoms with Gasteiger partial charge in [0, 0.05) is 17.3 Å². The molecule has 2 N–H and O–H groups in total. The first-order valence-corrected chi connectivity index (χ1v) is 8.33. The summed E-state index contributed by atoms with van der Waals surface area (Å²) < 4.78 is 10.7. The van der Waals surface area contributed by atoms with Crippen LogP contribution in [-0.4, -0.2) is 25.8 Å². The summed E-state index contributed by atoms with van der Waals surface area (Å²) in [6, 6.07) is 15.1. The molecular formula is C19H23N2O3+. The Morgan fingerprint density at radius 3 is 2.50 bits per heavy atom. The van der Waals surface area contributed by atoms with Crippen molar-refractivity contribution in [2.75, 3.05) is 25.2 Å². The van der Waals surface area contributed by atoms with Crippen LogP contribution >= 0.6 is 0 Å². The number of benzene rings is 2. The Bertz CT molecular complexity index is 699. The molecule has 2 aromatic rings. The third-order valence-electron chi connectivity index (χ3n) is 4.35. The van der Waals surface area contributed by atoms with Crippen LogP contribution in [0, 0.1) is 0 Å². The molecule has 1 heterocycles. The zero-order chi connectivity index (χ0) is 16.9. The molecule has 0 fully saturated rings. The lowest BCUT2D eigenvalue weighted by Crippen LogP contribution is -3.12. The highest BCUT2D eigenvalue weighted by molar-refractivity contribution is 5.94. The SMILES string of the molecule is CC[NH+](CC)C(C(=O)Nc1ccc2c(c1)OCO2)c1ccccc1. The number of carbonyl (C=O) groups is 1. The number of rotatable bonds is 6. The van der Waals surface area contributed by atoms with Crippen molar-refractivity contribution in [2.45, 2.75) is 19.9 Å². The molecule has 1 unspecified atom stereocenters. The van der Waals surface area contributed by atoms with Crippen LogP contribution in [0.4, 0.5) is 5.69 Å². The number of hydrogen-bond donors (Lipinski definition) is 2. The standard InChI is InChI=1S/C19H22N2O3/c1-3-21(4-2)18(14-8-6-5-7-9-14)19(22)20-15-10-11-16-17(12-15)24-13-23-16/h5-12,18H,3-4,13H2,1-2H3,(H,20,22)/p+1. The number of anilines is 1. The largest absolute Gasteiger partial charge is 0.454 e. The molecule has 1 aliphatic rings. The summed E-state index contributed by atoms with van der Waals surface area (Å²) in [5.41, 5.74) is 1.74. The second-order valence-electron chi connectivity index (χ2n) is 5.77. The van der Waals surface area contributed by atoms with Gasteiger partial charge in [0.15, 0.2) is 17.5 Å². The zero-order valence-electron chi connectivity index (χ0n) is 14.0. The van der Waals surface area contributed by atoms with E-state index in [1.54, 1.807) is 6.07 Å². The number of quaternary nitrogens is 1. The summed E-state index contributed by atoms with van der Waals surface area (Å²) in [7, 11) is 0. The highest BCUT2D eigenvalue weighted by Crippen LogP contribution is 2.34. The Hall–Kier alpha value is -2.53. The van der Waals surface area contributed by atoms with E-state index < -0.39 is 0 Å². The molecule has 1 amide bonds. The molecule has 126 valence electrons. The van der Waals surface area contributed by atoms with Crippen molar-refractivity contribution >= 4 is 11.6 Å². The molecule has 0 spiro atoms. The number of amides is 1. The molecule has 24 heavy (non-hydrogen) atoms. The fraction of sp³-hybridized carbons (Fsp3) is 0.316. The van der Waals surface area contributed by atoms with Gasteiger partial charge in [-0.1, -0.05) is 30.3 Å². The maximum Gasteiger partial charge on any atom is 0.287 e. The van der Waals surface area contributed by atoms with E-state index in [4.69, 9.17) is 9.47 Å². The van der Waals surface area contributed by atoms with Gasteiger partial charge in [-0.05, 0) is 26.0 Å². The molecule has 1 aliphatic heterocycles. The minimum atomic E-state index is -0.244. The van der Waals surface area contributed by atoms with Crippen molar-refractivity contribution in [3.63, 3.8) is 0 Å². The summed E-state index contributed by atoms with van der Waals surface area (Å²) in [6.07, 6.45) is 0. The zero-order valence-corrected chi connectivity index (χ0v) is 14.0. The van der Waals surface area contributed by atoms with Gasteiger partial charge in [0.25, 0.3) is 5.91 Å². The second kappa shape index (κ2) is 7.36. The lowest BCUT2D eigenvalue weighted by molar-refractivity contribution is -0.918. The van der Waals surface area contributed by atoms with Gasteiger partial charge in [-0.2, -0.15) is 0 Å². The molecule has 0 aliphatic carbocycles. The van der Waals surface area contributed by atoms with Crippen molar-refractivity contribution in [2.24, 2.45) is 0 Å². The fourth-order valence-electron chi connectivity index (χ4n) is 3.06. The molecule has 5 heteroatoms. The van der Waals surface area contributed by atoms with E-state index in [-0.39, 0.29) is 18.7 Å². The molecule has 0 saturated heterocycles. The topological polar surface area (TPSA) is 52.0 Å². The van der Waals surface area contributed by atoms with E-state index in [0.717, 1.165) is 24.3 Å². The van der Waals surface area contributed by atoms with Crippen molar-refractivity contribution in [3.8, 4) is 11.5 Å². The summed E-state index contributed by atoms with van der Waals surface area (Å²) in [5, 5.41) is 3.02. The van der Waals surface area contributed by atoms with E-state index >= 15 is 0 Å². The van der Waals surface area contributed by atoms with Crippen molar-refractivity contribution in [1.82, 2.24) is 0 Å². The molecule has 1 atom stereocenters. The molecule has 5 nitrogen and oxygen atoms in total. The van der Waals surface area contributed by atoms with Crippen LogP contribution in [0.25, 0.3) is 0 Å². The van der Waals surface area contributed by atoms with E-state index in [2.05, 4.69) is 19.2 Å². The van der Waals surface area contributed by atoms with E-state index in [9.17, 15) is 4.79 Å². The first-order valence-electron chi connectivity index (χ1n) is 8.33. The van der Waals surface area contributed by atoms with Crippen molar-refractivity contribution < 1.29 is 19.2 Å². The number of fused-ring (bicyclic) bond motifs is 1. The van der Waals surface area contributed by atoms with Gasteiger partial charge >= 0.3 is 0 Å². The Labute approximate surface area is 142 Å². The fourth-order valence-corrected chi connectivity index (χ4v) is 3.06. The summed E-state index contributed by atoms with van der Waals surface area (Å²) in [4.78, 5) is 14.2. The third-order valence-corrected chi connectivity index (χ3v) is 4.35. The van der Waals surface area contributed by atoms with Gasteiger partial charge in [0.05, 0.1) is 13.1 Å². The van der Waals surface area contributed by atoms with Gasteiger partial charge in [0.2, 0.25) is 6.79 Å². The van der Waals surface area contributed by atoms with E-state index in [0.29, 0.717) is 11.5 Å². The third kappa shape index (κ3) is 3.36. The minimum absolute atomic E-state index is 0.0150. The van der Waals surface area contributed by atoms with Gasteiger partial charge in [-0.15, -0.1) is 0 Å². The van der Waals surface area contributed by atoms with E-state index in [1.165, 1.54) is 4.90 Å². The van der Waals surface area contributed by atoms with E-state index in [1.807, 2.05) is 42.5 Å². The first-order chi connectivity index (χ1) is 11.7. The molecule has 3 rings (SSSR count). The van der Waals surface area contributed by atoms with Gasteiger partial charge < -0.3 is 19.7 Å². The number of hydrogen-bond acceptors (Lipinski definition) is 3. The Balaban J connectivity index is 1.83. The summed E-state index contributed by atoms with van der Waals surface area (Å²) >= 11 is 0. The quantitative estimate of drug-likeness (QED) is 0.853.